The van der Waals surface area contributed by atoms with Crippen LogP contribution in [0.5, 0.6) is 0 Å². The van der Waals surface area contributed by atoms with Crippen molar-refractivity contribution in [2.75, 3.05) is 0 Å². The van der Waals surface area contributed by atoms with Crippen molar-refractivity contribution in [2.24, 2.45) is 0 Å². The van der Waals surface area contributed by atoms with Crippen LogP contribution in [-0.4, -0.2) is 5.92 Å². The van der Waals surface area contributed by atoms with E-state index in [4.69, 9.17) is 0 Å². The molecule has 19 heavy (non-hydrogen) atoms. The van der Waals surface area contributed by atoms with Crippen LogP contribution < -0.4 is 0 Å². The van der Waals surface area contributed by atoms with Gasteiger partial charge in [0.25, 0.3) is 5.92 Å². The lowest BCUT2D eigenvalue weighted by atomic mass is 10.0. The van der Waals surface area contributed by atoms with Crippen LogP contribution in [0.15, 0.2) is 57.5 Å². The van der Waals surface area contributed by atoms with E-state index in [1.807, 2.05) is 0 Å². The van der Waals surface area contributed by atoms with Gasteiger partial charge in [0.15, 0.2) is 0 Å². The maximum Gasteiger partial charge on any atom is 0.256 e. The third-order valence-electron chi connectivity index (χ3n) is 2.75. The SMILES string of the molecule is FC(F)(Cc1ccc(Br)cc1)Cc1ccc(Br)cc1. The number of halogens is 4. The molecule has 0 amide bonds. The summed E-state index contributed by atoms with van der Waals surface area (Å²) in [5.41, 5.74) is 1.29. The van der Waals surface area contributed by atoms with Gasteiger partial charge in [-0.1, -0.05) is 56.1 Å². The Bertz CT molecular complexity index is 484. The normalized spacial score (nSPS) is 11.6. The molecule has 2 aromatic rings. The standard InChI is InChI=1S/C15H12Br2F2/c16-13-5-1-11(2-6-13)9-15(18,19)10-12-3-7-14(17)8-4-12/h1-8H,9-10H2. The van der Waals surface area contributed by atoms with E-state index in [9.17, 15) is 8.78 Å². The molecule has 0 radical (unpaired) electrons. The summed E-state index contributed by atoms with van der Waals surface area (Å²) < 4.78 is 29.7. The summed E-state index contributed by atoms with van der Waals surface area (Å²) in [5.74, 6) is -2.73. The summed E-state index contributed by atoms with van der Waals surface area (Å²) in [7, 11) is 0. The van der Waals surface area contributed by atoms with E-state index in [0.29, 0.717) is 11.1 Å². The molecule has 0 unspecified atom stereocenters. The van der Waals surface area contributed by atoms with E-state index in [1.165, 1.54) is 0 Å². The van der Waals surface area contributed by atoms with Crippen LogP contribution in [0.25, 0.3) is 0 Å². The molecule has 0 nitrogen and oxygen atoms in total. The first-order valence-corrected chi connectivity index (χ1v) is 7.40. The van der Waals surface area contributed by atoms with E-state index < -0.39 is 5.92 Å². The Morgan fingerprint density at radius 3 is 1.32 bits per heavy atom. The number of alkyl halides is 2. The van der Waals surface area contributed by atoms with Crippen molar-refractivity contribution in [2.45, 2.75) is 18.8 Å². The first kappa shape index (κ1) is 14.7. The molecule has 0 N–H and O–H groups in total. The van der Waals surface area contributed by atoms with Gasteiger partial charge in [-0.25, -0.2) is 8.78 Å². The molecule has 0 aliphatic heterocycles. The Balaban J connectivity index is 2.05. The number of benzene rings is 2. The van der Waals surface area contributed by atoms with Crippen molar-refractivity contribution in [1.82, 2.24) is 0 Å². The fourth-order valence-electron chi connectivity index (χ4n) is 1.86. The molecule has 0 aromatic heterocycles. The van der Waals surface area contributed by atoms with Gasteiger partial charge in [0.05, 0.1) is 0 Å². The van der Waals surface area contributed by atoms with Gasteiger partial charge in [0.2, 0.25) is 0 Å². The first-order valence-electron chi connectivity index (χ1n) is 5.81. The second kappa shape index (κ2) is 6.14. The molecule has 0 bridgehead atoms. The summed E-state index contributed by atoms with van der Waals surface area (Å²) >= 11 is 6.59. The molecule has 0 atom stereocenters. The van der Waals surface area contributed by atoms with E-state index in [-0.39, 0.29) is 12.8 Å². The third kappa shape index (κ3) is 4.69. The fraction of sp³-hybridized carbons (Fsp3) is 0.200. The molecular weight excluding hydrogens is 378 g/mol. The van der Waals surface area contributed by atoms with E-state index in [2.05, 4.69) is 31.9 Å². The molecule has 2 rings (SSSR count). The van der Waals surface area contributed by atoms with Crippen LogP contribution in [0.1, 0.15) is 11.1 Å². The lowest BCUT2D eigenvalue weighted by molar-refractivity contribution is 0.00213. The summed E-state index contributed by atoms with van der Waals surface area (Å²) in [4.78, 5) is 0. The molecule has 100 valence electrons. The van der Waals surface area contributed by atoms with Gasteiger partial charge < -0.3 is 0 Å². The Labute approximate surface area is 128 Å². The van der Waals surface area contributed by atoms with Crippen LogP contribution in [-0.2, 0) is 12.8 Å². The van der Waals surface area contributed by atoms with Crippen LogP contribution in [0.3, 0.4) is 0 Å². The second-order valence-electron chi connectivity index (χ2n) is 4.46. The van der Waals surface area contributed by atoms with E-state index >= 15 is 0 Å². The Morgan fingerprint density at radius 2 is 1.00 bits per heavy atom. The van der Waals surface area contributed by atoms with Gasteiger partial charge in [-0.15, -0.1) is 0 Å². The van der Waals surface area contributed by atoms with Crippen molar-refractivity contribution >= 4 is 31.9 Å². The van der Waals surface area contributed by atoms with Gasteiger partial charge in [0.1, 0.15) is 0 Å². The first-order chi connectivity index (χ1) is 8.94. The van der Waals surface area contributed by atoms with Crippen LogP contribution in [0.4, 0.5) is 8.78 Å². The minimum Gasteiger partial charge on any atom is -0.206 e. The average Bonchev–Trinajstić information content (AvgIpc) is 2.34. The predicted octanol–water partition coefficient (Wildman–Crippen LogP) is 5.63. The lowest BCUT2D eigenvalue weighted by Crippen LogP contribution is -2.22. The molecule has 0 aliphatic carbocycles. The largest absolute Gasteiger partial charge is 0.256 e. The van der Waals surface area contributed by atoms with Gasteiger partial charge in [-0.05, 0) is 35.4 Å². The monoisotopic (exact) mass is 388 g/mol. The van der Waals surface area contributed by atoms with Gasteiger partial charge >= 0.3 is 0 Å². The Morgan fingerprint density at radius 1 is 0.684 bits per heavy atom. The molecule has 2 aromatic carbocycles. The van der Waals surface area contributed by atoms with Crippen LogP contribution in [0, 0.1) is 0 Å². The average molecular weight is 390 g/mol. The fourth-order valence-corrected chi connectivity index (χ4v) is 2.39. The quantitative estimate of drug-likeness (QED) is 0.635. The van der Waals surface area contributed by atoms with Crippen molar-refractivity contribution in [3.8, 4) is 0 Å². The highest BCUT2D eigenvalue weighted by Crippen LogP contribution is 2.26. The molecule has 0 saturated heterocycles. The highest BCUT2D eigenvalue weighted by molar-refractivity contribution is 9.10. The predicted molar refractivity (Wildman–Crippen MR) is 80.6 cm³/mol. The lowest BCUT2D eigenvalue weighted by Gasteiger charge is -2.16. The Hall–Kier alpha value is -0.740. The van der Waals surface area contributed by atoms with Gasteiger partial charge in [-0.2, -0.15) is 0 Å². The maximum atomic E-state index is 14.0. The number of rotatable bonds is 4. The van der Waals surface area contributed by atoms with E-state index in [0.717, 1.165) is 8.95 Å². The van der Waals surface area contributed by atoms with Crippen LogP contribution in [0.2, 0.25) is 0 Å². The van der Waals surface area contributed by atoms with Gasteiger partial charge in [0, 0.05) is 21.8 Å². The Kier molecular flexibility index (Phi) is 4.74. The number of hydrogen-bond acceptors (Lipinski definition) is 0. The summed E-state index contributed by atoms with van der Waals surface area (Å²) in [6.45, 7) is 0. The number of hydrogen-bond donors (Lipinski definition) is 0. The van der Waals surface area contributed by atoms with Crippen molar-refractivity contribution in [3.05, 3.63) is 68.6 Å². The molecule has 4 heteroatoms. The molecule has 0 fully saturated rings. The van der Waals surface area contributed by atoms with Crippen LogP contribution >= 0.6 is 31.9 Å². The summed E-state index contributed by atoms with van der Waals surface area (Å²) in [6, 6.07) is 14.0. The van der Waals surface area contributed by atoms with E-state index in [1.54, 1.807) is 48.5 Å². The molecule has 0 saturated carbocycles. The smallest absolute Gasteiger partial charge is 0.206 e. The summed E-state index contributed by atoms with van der Waals surface area (Å²) in [5, 5.41) is 0. The minimum absolute atomic E-state index is 0.240. The summed E-state index contributed by atoms with van der Waals surface area (Å²) in [6.07, 6.45) is -0.479. The molecule has 0 spiro atoms. The highest BCUT2D eigenvalue weighted by atomic mass is 79.9. The molecule has 0 heterocycles. The van der Waals surface area contributed by atoms with Crippen molar-refractivity contribution < 1.29 is 8.78 Å². The molecular formula is C15H12Br2F2. The zero-order valence-corrected chi connectivity index (χ0v) is 13.2. The minimum atomic E-state index is -2.73. The molecule has 0 aliphatic rings. The third-order valence-corrected chi connectivity index (χ3v) is 3.81. The second-order valence-corrected chi connectivity index (χ2v) is 6.29. The zero-order chi connectivity index (χ0) is 13.9. The zero-order valence-electron chi connectivity index (χ0n) is 10.0. The highest BCUT2D eigenvalue weighted by Gasteiger charge is 2.29. The van der Waals surface area contributed by atoms with Crippen molar-refractivity contribution in [1.29, 1.82) is 0 Å². The van der Waals surface area contributed by atoms with Crippen molar-refractivity contribution in [3.63, 3.8) is 0 Å². The maximum absolute atomic E-state index is 14.0. The van der Waals surface area contributed by atoms with Gasteiger partial charge in [-0.3, -0.25) is 0 Å². The topological polar surface area (TPSA) is 0 Å².